The van der Waals surface area contributed by atoms with Gasteiger partial charge in [-0.2, -0.15) is 0 Å². The number of aliphatic hydroxyl groups is 1. The second kappa shape index (κ2) is 9.68. The van der Waals surface area contributed by atoms with Gasteiger partial charge < -0.3 is 21.1 Å². The van der Waals surface area contributed by atoms with E-state index in [2.05, 4.69) is 32.7 Å². The minimum Gasteiger partial charge on any atom is -0.396 e. The number of aliphatic hydroxyl groups excluding tert-OH is 1. The second-order valence-corrected chi connectivity index (χ2v) is 9.52. The average Bonchev–Trinajstić information content (AvgIpc) is 3.22. The van der Waals surface area contributed by atoms with Gasteiger partial charge >= 0.3 is 0 Å². The second-order valence-electron chi connectivity index (χ2n) is 8.44. The zero-order valence-corrected chi connectivity index (χ0v) is 19.2. The van der Waals surface area contributed by atoms with Crippen molar-refractivity contribution >= 4 is 45.0 Å². The molecule has 1 aliphatic carbocycles. The number of aromatic nitrogens is 2. The minimum atomic E-state index is 0.253. The van der Waals surface area contributed by atoms with Crippen LogP contribution in [-0.2, 0) is 19.4 Å². The zero-order valence-electron chi connectivity index (χ0n) is 18.3. The fourth-order valence-corrected chi connectivity index (χ4v) is 5.85. The van der Waals surface area contributed by atoms with Gasteiger partial charge in [-0.3, -0.25) is 0 Å². The number of anilines is 3. The molecule has 0 saturated heterocycles. The summed E-state index contributed by atoms with van der Waals surface area (Å²) in [4.78, 5) is 11.5. The van der Waals surface area contributed by atoms with Crippen molar-refractivity contribution in [2.75, 3.05) is 17.2 Å². The van der Waals surface area contributed by atoms with Gasteiger partial charge in [0, 0.05) is 41.2 Å². The molecule has 33 heavy (non-hydrogen) atoms. The van der Waals surface area contributed by atoms with Crippen LogP contribution >= 0.6 is 11.3 Å². The fraction of sp³-hybridized carbons (Fsp3) is 0.269. The van der Waals surface area contributed by atoms with Gasteiger partial charge in [0.15, 0.2) is 0 Å². The lowest BCUT2D eigenvalue weighted by Crippen LogP contribution is -2.13. The number of benzene rings is 2. The smallest absolute Gasteiger partial charge is 0.142 e. The highest BCUT2D eigenvalue weighted by Crippen LogP contribution is 2.41. The number of rotatable bonds is 8. The van der Waals surface area contributed by atoms with Crippen LogP contribution in [0.3, 0.4) is 0 Å². The van der Waals surface area contributed by atoms with Crippen LogP contribution in [0.25, 0.3) is 10.2 Å². The Morgan fingerprint density at radius 2 is 2.03 bits per heavy atom. The van der Waals surface area contributed by atoms with E-state index in [0.717, 1.165) is 58.7 Å². The molecule has 1 aliphatic rings. The van der Waals surface area contributed by atoms with Crippen molar-refractivity contribution in [1.29, 1.82) is 5.41 Å². The van der Waals surface area contributed by atoms with E-state index < -0.39 is 0 Å². The van der Waals surface area contributed by atoms with E-state index in [0.29, 0.717) is 12.5 Å². The van der Waals surface area contributed by atoms with Crippen LogP contribution in [0.1, 0.15) is 34.4 Å². The van der Waals surface area contributed by atoms with Gasteiger partial charge in [0.05, 0.1) is 5.39 Å². The summed E-state index contributed by atoms with van der Waals surface area (Å²) in [6, 6.07) is 16.2. The van der Waals surface area contributed by atoms with Crippen LogP contribution < -0.4 is 10.6 Å². The summed E-state index contributed by atoms with van der Waals surface area (Å²) < 4.78 is 0. The topological polar surface area (TPSA) is 93.9 Å². The van der Waals surface area contributed by atoms with E-state index >= 15 is 0 Å². The quantitative estimate of drug-likeness (QED) is 0.261. The standard InChI is InChI=1S/C26H27N5OS/c27-14-19-13-20(7-9-22(19)28-15-18-4-2-1-3-5-18)31-25-24-21-8-6-17(10-11-32)12-23(21)33-26(24)30-16-29-25/h1-5,7,9,13-14,16-17,27-28,32H,6,8,10-12,15H2,(H,29,30,31). The van der Waals surface area contributed by atoms with Crippen LogP contribution in [0.5, 0.6) is 0 Å². The predicted molar refractivity (Wildman–Crippen MR) is 136 cm³/mol. The molecule has 2 heterocycles. The molecule has 0 aliphatic heterocycles. The number of thiophene rings is 1. The van der Waals surface area contributed by atoms with Crippen molar-refractivity contribution < 1.29 is 5.11 Å². The van der Waals surface area contributed by atoms with Crippen molar-refractivity contribution in [1.82, 2.24) is 9.97 Å². The molecule has 2 aromatic carbocycles. The van der Waals surface area contributed by atoms with Crippen molar-refractivity contribution in [3.8, 4) is 0 Å². The van der Waals surface area contributed by atoms with Gasteiger partial charge in [0.25, 0.3) is 0 Å². The van der Waals surface area contributed by atoms with Crippen molar-refractivity contribution in [3.05, 3.63) is 76.4 Å². The molecule has 0 radical (unpaired) electrons. The van der Waals surface area contributed by atoms with Crippen LogP contribution in [0.2, 0.25) is 0 Å². The molecule has 5 rings (SSSR count). The molecule has 4 aromatic rings. The first kappa shape index (κ1) is 21.6. The Morgan fingerprint density at radius 3 is 2.85 bits per heavy atom. The van der Waals surface area contributed by atoms with Gasteiger partial charge in [-0.05, 0) is 60.9 Å². The van der Waals surface area contributed by atoms with Gasteiger partial charge in [-0.25, -0.2) is 9.97 Å². The summed E-state index contributed by atoms with van der Waals surface area (Å²) in [7, 11) is 0. The molecular formula is C26H27N5OS. The van der Waals surface area contributed by atoms with E-state index in [1.807, 2.05) is 36.4 Å². The average molecular weight is 458 g/mol. The van der Waals surface area contributed by atoms with Crippen LogP contribution in [0, 0.1) is 11.3 Å². The Bertz CT molecular complexity index is 1270. The number of nitrogens with one attached hydrogen (secondary N) is 3. The van der Waals surface area contributed by atoms with Gasteiger partial charge in [-0.15, -0.1) is 11.3 Å². The van der Waals surface area contributed by atoms with Crippen LogP contribution in [-0.4, -0.2) is 27.9 Å². The van der Waals surface area contributed by atoms with E-state index in [1.165, 1.54) is 22.2 Å². The molecule has 0 bridgehead atoms. The summed E-state index contributed by atoms with van der Waals surface area (Å²) in [5.41, 5.74) is 5.19. The third kappa shape index (κ3) is 4.60. The summed E-state index contributed by atoms with van der Waals surface area (Å²) in [6.07, 6.45) is 6.95. The Balaban J connectivity index is 1.39. The SMILES string of the molecule is N=Cc1cc(Nc2ncnc3sc4c(c23)CCC(CCO)C4)ccc1NCc1ccccc1. The Hall–Kier alpha value is -3.29. The summed E-state index contributed by atoms with van der Waals surface area (Å²) >= 11 is 1.75. The fourth-order valence-electron chi connectivity index (χ4n) is 4.55. The van der Waals surface area contributed by atoms with Crippen LogP contribution in [0.15, 0.2) is 54.9 Å². The molecule has 1 unspecified atom stereocenters. The normalized spacial score (nSPS) is 15.2. The van der Waals surface area contributed by atoms with E-state index in [9.17, 15) is 5.11 Å². The highest BCUT2D eigenvalue weighted by Gasteiger charge is 2.25. The summed E-state index contributed by atoms with van der Waals surface area (Å²) in [5, 5.41) is 25.2. The van der Waals surface area contributed by atoms with Crippen molar-refractivity contribution in [2.45, 2.75) is 32.2 Å². The first-order valence-corrected chi connectivity index (χ1v) is 12.1. The van der Waals surface area contributed by atoms with E-state index in [4.69, 9.17) is 5.41 Å². The molecular weight excluding hydrogens is 430 g/mol. The number of nitrogens with zero attached hydrogens (tertiary/aromatic N) is 2. The monoisotopic (exact) mass is 457 g/mol. The molecule has 0 saturated carbocycles. The van der Waals surface area contributed by atoms with Crippen molar-refractivity contribution in [2.24, 2.45) is 5.92 Å². The largest absolute Gasteiger partial charge is 0.396 e. The maximum absolute atomic E-state index is 9.32. The molecule has 0 amide bonds. The number of aryl methyl sites for hydroxylation is 1. The molecule has 2 aromatic heterocycles. The molecule has 168 valence electrons. The third-order valence-corrected chi connectivity index (χ3v) is 7.44. The zero-order chi connectivity index (χ0) is 22.6. The first-order chi connectivity index (χ1) is 16.2. The molecule has 0 spiro atoms. The highest BCUT2D eigenvalue weighted by molar-refractivity contribution is 7.19. The third-order valence-electron chi connectivity index (χ3n) is 6.28. The van der Waals surface area contributed by atoms with Gasteiger partial charge in [0.1, 0.15) is 17.0 Å². The Labute approximate surface area is 197 Å². The molecule has 0 fully saturated rings. The van der Waals surface area contributed by atoms with E-state index in [-0.39, 0.29) is 6.61 Å². The summed E-state index contributed by atoms with van der Waals surface area (Å²) in [5.74, 6) is 1.37. The van der Waals surface area contributed by atoms with E-state index in [1.54, 1.807) is 17.7 Å². The number of hydrogen-bond donors (Lipinski definition) is 4. The predicted octanol–water partition coefficient (Wildman–Crippen LogP) is 5.53. The number of fused-ring (bicyclic) bond motifs is 3. The molecule has 6 nitrogen and oxygen atoms in total. The maximum Gasteiger partial charge on any atom is 0.142 e. The molecule has 1 atom stereocenters. The maximum atomic E-state index is 9.32. The van der Waals surface area contributed by atoms with Gasteiger partial charge in [0.2, 0.25) is 0 Å². The number of hydrogen-bond acceptors (Lipinski definition) is 7. The minimum absolute atomic E-state index is 0.253. The first-order valence-electron chi connectivity index (χ1n) is 11.3. The lowest BCUT2D eigenvalue weighted by atomic mass is 9.86. The highest BCUT2D eigenvalue weighted by atomic mass is 32.1. The van der Waals surface area contributed by atoms with Crippen molar-refractivity contribution in [3.63, 3.8) is 0 Å². The summed E-state index contributed by atoms with van der Waals surface area (Å²) in [6.45, 7) is 0.961. The van der Waals surface area contributed by atoms with Gasteiger partial charge in [-0.1, -0.05) is 30.3 Å². The Morgan fingerprint density at radius 1 is 1.15 bits per heavy atom. The molecule has 4 N–H and O–H groups in total. The Kier molecular flexibility index (Phi) is 6.32. The molecule has 7 heteroatoms. The lowest BCUT2D eigenvalue weighted by Gasteiger charge is -2.21. The lowest BCUT2D eigenvalue weighted by molar-refractivity contribution is 0.249. The van der Waals surface area contributed by atoms with Crippen LogP contribution in [0.4, 0.5) is 17.2 Å².